The summed E-state index contributed by atoms with van der Waals surface area (Å²) < 4.78 is 15.3. The first kappa shape index (κ1) is 14.6. The van der Waals surface area contributed by atoms with E-state index in [-0.39, 0.29) is 12.0 Å². The summed E-state index contributed by atoms with van der Waals surface area (Å²) in [6.45, 7) is 2.39. The summed E-state index contributed by atoms with van der Waals surface area (Å²) in [5.74, 6) is 0.861. The average molecular weight is 303 g/mol. The third-order valence-electron chi connectivity index (χ3n) is 3.49. The normalized spacial score (nSPS) is 12.9. The van der Waals surface area contributed by atoms with Crippen molar-refractivity contribution < 1.29 is 4.39 Å². The highest BCUT2D eigenvalue weighted by molar-refractivity contribution is 5.83. The standard InChI is InChI=1S/C14H18FN7/c1-8-20-21-14-13(19-12(17)3-2-6-16)18-10-5-4-9(15)7-11(10)22(8)14/h4-5,7,12H,2-3,6,16-17H2,1H3,(H,18,19). The molecule has 0 bridgehead atoms. The molecular weight excluding hydrogens is 285 g/mol. The summed E-state index contributed by atoms with van der Waals surface area (Å²) in [4.78, 5) is 4.49. The van der Waals surface area contributed by atoms with Gasteiger partial charge in [0.1, 0.15) is 11.6 Å². The Bertz CT molecular complexity index is 814. The summed E-state index contributed by atoms with van der Waals surface area (Å²) in [7, 11) is 0. The molecule has 0 fully saturated rings. The number of nitrogens with zero attached hydrogens (tertiary/aromatic N) is 4. The molecule has 5 N–H and O–H groups in total. The Morgan fingerprint density at radius 1 is 1.36 bits per heavy atom. The number of aromatic nitrogens is 4. The number of hydrogen-bond donors (Lipinski definition) is 3. The summed E-state index contributed by atoms with van der Waals surface area (Å²) in [6, 6.07) is 4.42. The minimum atomic E-state index is -0.330. The highest BCUT2D eigenvalue weighted by Crippen LogP contribution is 2.22. The van der Waals surface area contributed by atoms with Gasteiger partial charge in [-0.25, -0.2) is 9.37 Å². The number of rotatable bonds is 5. The van der Waals surface area contributed by atoms with Gasteiger partial charge < -0.3 is 16.8 Å². The molecule has 0 aliphatic carbocycles. The van der Waals surface area contributed by atoms with Gasteiger partial charge in [-0.2, -0.15) is 0 Å². The van der Waals surface area contributed by atoms with E-state index in [0.29, 0.717) is 34.9 Å². The molecule has 0 amide bonds. The van der Waals surface area contributed by atoms with Crippen molar-refractivity contribution in [2.24, 2.45) is 11.5 Å². The van der Waals surface area contributed by atoms with E-state index in [0.717, 1.165) is 12.8 Å². The average Bonchev–Trinajstić information content (AvgIpc) is 2.88. The highest BCUT2D eigenvalue weighted by atomic mass is 19.1. The zero-order chi connectivity index (χ0) is 15.7. The molecule has 1 atom stereocenters. The maximum atomic E-state index is 13.5. The fourth-order valence-electron chi connectivity index (χ4n) is 2.43. The van der Waals surface area contributed by atoms with Crippen LogP contribution in [0.3, 0.4) is 0 Å². The number of halogens is 1. The molecule has 0 aliphatic heterocycles. The molecule has 0 radical (unpaired) electrons. The monoisotopic (exact) mass is 303 g/mol. The van der Waals surface area contributed by atoms with E-state index in [1.54, 1.807) is 10.5 Å². The maximum Gasteiger partial charge on any atom is 0.204 e. The van der Waals surface area contributed by atoms with Gasteiger partial charge in [0.15, 0.2) is 5.82 Å². The van der Waals surface area contributed by atoms with Gasteiger partial charge in [-0.1, -0.05) is 0 Å². The predicted molar refractivity (Wildman–Crippen MR) is 82.9 cm³/mol. The van der Waals surface area contributed by atoms with E-state index < -0.39 is 0 Å². The van der Waals surface area contributed by atoms with Crippen LogP contribution in [0.5, 0.6) is 0 Å². The van der Waals surface area contributed by atoms with Gasteiger partial charge in [-0.15, -0.1) is 10.2 Å². The molecule has 2 heterocycles. The maximum absolute atomic E-state index is 13.5. The topological polar surface area (TPSA) is 107 Å². The SMILES string of the molecule is Cc1nnc2c(NC(N)CCCN)nc3ccc(F)cc3n12. The Labute approximate surface area is 126 Å². The van der Waals surface area contributed by atoms with E-state index in [4.69, 9.17) is 11.5 Å². The van der Waals surface area contributed by atoms with Gasteiger partial charge in [0, 0.05) is 6.07 Å². The third kappa shape index (κ3) is 2.58. The summed E-state index contributed by atoms with van der Waals surface area (Å²) in [5, 5.41) is 11.3. The molecule has 0 aliphatic rings. The molecule has 22 heavy (non-hydrogen) atoms. The number of nitrogens with two attached hydrogens (primary N) is 2. The number of aryl methyl sites for hydroxylation is 1. The smallest absolute Gasteiger partial charge is 0.204 e. The van der Waals surface area contributed by atoms with Gasteiger partial charge in [0.25, 0.3) is 0 Å². The van der Waals surface area contributed by atoms with Crippen LogP contribution in [0.15, 0.2) is 18.2 Å². The van der Waals surface area contributed by atoms with Crippen LogP contribution < -0.4 is 16.8 Å². The second kappa shape index (κ2) is 5.82. The minimum Gasteiger partial charge on any atom is -0.352 e. The molecule has 116 valence electrons. The molecule has 0 spiro atoms. The molecule has 1 unspecified atom stereocenters. The van der Waals surface area contributed by atoms with Crippen molar-refractivity contribution >= 4 is 22.5 Å². The fraction of sp³-hybridized carbons (Fsp3) is 0.357. The van der Waals surface area contributed by atoms with Crippen molar-refractivity contribution in [3.8, 4) is 0 Å². The lowest BCUT2D eigenvalue weighted by Gasteiger charge is -2.15. The third-order valence-corrected chi connectivity index (χ3v) is 3.49. The van der Waals surface area contributed by atoms with Crippen LogP contribution in [-0.2, 0) is 0 Å². The Balaban J connectivity index is 2.11. The zero-order valence-electron chi connectivity index (χ0n) is 12.3. The molecule has 0 saturated heterocycles. The predicted octanol–water partition coefficient (Wildman–Crippen LogP) is 1.16. The van der Waals surface area contributed by atoms with Crippen LogP contribution in [0.25, 0.3) is 16.7 Å². The highest BCUT2D eigenvalue weighted by Gasteiger charge is 2.15. The Kier molecular flexibility index (Phi) is 3.86. The van der Waals surface area contributed by atoms with Crippen LogP contribution in [0, 0.1) is 12.7 Å². The number of fused-ring (bicyclic) bond motifs is 3. The van der Waals surface area contributed by atoms with Crippen molar-refractivity contribution in [2.75, 3.05) is 11.9 Å². The largest absolute Gasteiger partial charge is 0.352 e. The molecule has 8 heteroatoms. The van der Waals surface area contributed by atoms with Gasteiger partial charge >= 0.3 is 0 Å². The van der Waals surface area contributed by atoms with Crippen LogP contribution in [0.2, 0.25) is 0 Å². The molecule has 3 rings (SSSR count). The Morgan fingerprint density at radius 3 is 2.95 bits per heavy atom. The summed E-state index contributed by atoms with van der Waals surface area (Å²) >= 11 is 0. The van der Waals surface area contributed by atoms with Gasteiger partial charge in [0.2, 0.25) is 5.65 Å². The zero-order valence-corrected chi connectivity index (χ0v) is 12.3. The van der Waals surface area contributed by atoms with Crippen LogP contribution in [0.4, 0.5) is 10.2 Å². The molecule has 1 aromatic carbocycles. The second-order valence-corrected chi connectivity index (χ2v) is 5.18. The van der Waals surface area contributed by atoms with Gasteiger partial charge in [-0.05, 0) is 38.4 Å². The summed E-state index contributed by atoms with van der Waals surface area (Å²) in [5.41, 5.74) is 13.3. The first-order chi connectivity index (χ1) is 10.6. The second-order valence-electron chi connectivity index (χ2n) is 5.18. The number of nitrogens with one attached hydrogen (secondary N) is 1. The molecule has 2 aromatic heterocycles. The Morgan fingerprint density at radius 2 is 2.18 bits per heavy atom. The lowest BCUT2D eigenvalue weighted by Crippen LogP contribution is -2.30. The van der Waals surface area contributed by atoms with Crippen molar-refractivity contribution in [1.29, 1.82) is 0 Å². The van der Waals surface area contributed by atoms with Crippen LogP contribution in [0.1, 0.15) is 18.7 Å². The van der Waals surface area contributed by atoms with Gasteiger partial charge in [-0.3, -0.25) is 4.40 Å². The minimum absolute atomic E-state index is 0.283. The lowest BCUT2D eigenvalue weighted by atomic mass is 10.2. The number of hydrogen-bond acceptors (Lipinski definition) is 6. The molecule has 0 saturated carbocycles. The number of benzene rings is 1. The van der Waals surface area contributed by atoms with E-state index in [2.05, 4.69) is 20.5 Å². The first-order valence-corrected chi connectivity index (χ1v) is 7.13. The quantitative estimate of drug-likeness (QED) is 0.611. The van der Waals surface area contributed by atoms with Crippen LogP contribution in [-0.4, -0.2) is 32.3 Å². The van der Waals surface area contributed by atoms with E-state index in [9.17, 15) is 4.39 Å². The van der Waals surface area contributed by atoms with Crippen molar-refractivity contribution in [3.63, 3.8) is 0 Å². The summed E-state index contributed by atoms with van der Waals surface area (Å²) in [6.07, 6.45) is 1.25. The van der Waals surface area contributed by atoms with Gasteiger partial charge in [0.05, 0.1) is 17.2 Å². The lowest BCUT2D eigenvalue weighted by molar-refractivity contribution is 0.629. The van der Waals surface area contributed by atoms with Crippen LogP contribution >= 0.6 is 0 Å². The van der Waals surface area contributed by atoms with Crippen molar-refractivity contribution in [3.05, 3.63) is 29.8 Å². The molecule has 7 nitrogen and oxygen atoms in total. The number of anilines is 1. The first-order valence-electron chi connectivity index (χ1n) is 7.13. The molecular formula is C14H18FN7. The Hall–Kier alpha value is -2.32. The molecule has 3 aromatic rings. The van der Waals surface area contributed by atoms with E-state index >= 15 is 0 Å². The van der Waals surface area contributed by atoms with Crippen molar-refractivity contribution in [2.45, 2.75) is 25.9 Å². The van der Waals surface area contributed by atoms with Crippen molar-refractivity contribution in [1.82, 2.24) is 19.6 Å². The van der Waals surface area contributed by atoms with E-state index in [1.165, 1.54) is 12.1 Å². The fourth-order valence-corrected chi connectivity index (χ4v) is 2.43. The van der Waals surface area contributed by atoms with E-state index in [1.807, 2.05) is 6.92 Å².